The fourth-order valence-corrected chi connectivity index (χ4v) is 2.01. The zero-order valence-corrected chi connectivity index (χ0v) is 13.0. The first-order valence-corrected chi connectivity index (χ1v) is 6.92. The quantitative estimate of drug-likeness (QED) is 0.473. The second-order valence-corrected chi connectivity index (χ2v) is 5.00. The van der Waals surface area contributed by atoms with Gasteiger partial charge in [0.25, 0.3) is 11.6 Å². The molecule has 0 aliphatic carbocycles. The highest BCUT2D eigenvalue weighted by molar-refractivity contribution is 6.33. The number of phenolic OH excluding ortho intramolecular Hbond substituents is 1. The lowest BCUT2D eigenvalue weighted by Crippen LogP contribution is -2.18. The summed E-state index contributed by atoms with van der Waals surface area (Å²) in [6, 6.07) is 7.86. The molecule has 10 nitrogen and oxygen atoms in total. The second kappa shape index (κ2) is 7.36. The fraction of sp³-hybridized carbons (Fsp3) is 0. The van der Waals surface area contributed by atoms with E-state index in [2.05, 4.69) is 5.10 Å². The van der Waals surface area contributed by atoms with Crippen LogP contribution in [0.5, 0.6) is 5.75 Å². The van der Waals surface area contributed by atoms with Crippen molar-refractivity contribution in [3.8, 4) is 5.75 Å². The van der Waals surface area contributed by atoms with E-state index in [1.807, 2.05) is 5.43 Å². The van der Waals surface area contributed by atoms with Gasteiger partial charge in [-0.2, -0.15) is 5.10 Å². The SMILES string of the molecule is O=C(N/N=C\c1ccccc1Cl)c1cc([N+](=O)[O-])cc([N+](=O)[O-])c1O. The number of rotatable bonds is 5. The lowest BCUT2D eigenvalue weighted by atomic mass is 10.1. The Morgan fingerprint density at radius 3 is 2.48 bits per heavy atom. The Morgan fingerprint density at radius 1 is 1.20 bits per heavy atom. The fourth-order valence-electron chi connectivity index (χ4n) is 1.82. The largest absolute Gasteiger partial charge is 0.502 e. The number of nitro groups is 2. The number of hydrazone groups is 1. The van der Waals surface area contributed by atoms with Gasteiger partial charge < -0.3 is 5.11 Å². The molecule has 128 valence electrons. The Kier molecular flexibility index (Phi) is 5.25. The van der Waals surface area contributed by atoms with E-state index >= 15 is 0 Å². The van der Waals surface area contributed by atoms with Crippen molar-refractivity contribution in [3.63, 3.8) is 0 Å². The van der Waals surface area contributed by atoms with Crippen LogP contribution in [-0.2, 0) is 0 Å². The molecule has 0 spiro atoms. The molecule has 2 N–H and O–H groups in total. The van der Waals surface area contributed by atoms with E-state index in [-0.39, 0.29) is 0 Å². The van der Waals surface area contributed by atoms with Gasteiger partial charge in [-0.15, -0.1) is 0 Å². The molecule has 0 aliphatic rings. The number of hydrogen-bond donors (Lipinski definition) is 2. The molecule has 0 unspecified atom stereocenters. The molecular formula is C14H9ClN4O6. The molecule has 2 aromatic rings. The van der Waals surface area contributed by atoms with Crippen LogP contribution in [0.1, 0.15) is 15.9 Å². The molecule has 2 rings (SSSR count). The number of nitrogens with zero attached hydrogens (tertiary/aromatic N) is 3. The maximum absolute atomic E-state index is 12.0. The molecule has 1 amide bonds. The van der Waals surface area contributed by atoms with Crippen LogP contribution in [0.25, 0.3) is 0 Å². The van der Waals surface area contributed by atoms with Gasteiger partial charge in [-0.05, 0) is 6.07 Å². The van der Waals surface area contributed by atoms with Crippen LogP contribution in [0, 0.1) is 20.2 Å². The molecule has 11 heteroatoms. The third-order valence-corrected chi connectivity index (χ3v) is 3.35. The van der Waals surface area contributed by atoms with Gasteiger partial charge in [-0.3, -0.25) is 25.0 Å². The van der Waals surface area contributed by atoms with Gasteiger partial charge in [0.2, 0.25) is 5.75 Å². The van der Waals surface area contributed by atoms with Crippen LogP contribution in [0.15, 0.2) is 41.5 Å². The van der Waals surface area contributed by atoms with Crippen molar-refractivity contribution in [2.75, 3.05) is 0 Å². The number of amides is 1. The summed E-state index contributed by atoms with van der Waals surface area (Å²) in [5.74, 6) is -2.06. The number of carbonyl (C=O) groups is 1. The predicted octanol–water partition coefficient (Wildman–Crippen LogP) is 2.63. The number of halogens is 1. The van der Waals surface area contributed by atoms with E-state index in [1.54, 1.807) is 24.3 Å². The van der Waals surface area contributed by atoms with Crippen molar-refractivity contribution in [2.24, 2.45) is 5.10 Å². The van der Waals surface area contributed by atoms with Crippen molar-refractivity contribution < 1.29 is 19.7 Å². The van der Waals surface area contributed by atoms with Gasteiger partial charge >= 0.3 is 5.69 Å². The summed E-state index contributed by atoms with van der Waals surface area (Å²) in [6.45, 7) is 0. The Hall–Kier alpha value is -3.53. The average Bonchev–Trinajstić information content (AvgIpc) is 2.56. The highest BCUT2D eigenvalue weighted by Gasteiger charge is 2.27. The van der Waals surface area contributed by atoms with E-state index < -0.39 is 38.4 Å². The molecule has 0 atom stereocenters. The number of benzene rings is 2. The smallest absolute Gasteiger partial charge is 0.318 e. The van der Waals surface area contributed by atoms with Gasteiger partial charge in [0.15, 0.2) is 0 Å². The number of hydrogen-bond acceptors (Lipinski definition) is 7. The monoisotopic (exact) mass is 364 g/mol. The van der Waals surface area contributed by atoms with Gasteiger partial charge in [-0.1, -0.05) is 29.8 Å². The minimum absolute atomic E-state index is 0.370. The molecular weight excluding hydrogens is 356 g/mol. The standard InChI is InChI=1S/C14H9ClN4O6/c15-11-4-2-1-3-8(11)7-16-17-14(21)10-5-9(18(22)23)6-12(13(10)20)19(24)25/h1-7,20H,(H,17,21)/b16-7-. The molecule has 0 saturated carbocycles. The Balaban J connectivity index is 2.31. The summed E-state index contributed by atoms with van der Waals surface area (Å²) in [5.41, 5.74) is 0.163. The zero-order chi connectivity index (χ0) is 18.6. The summed E-state index contributed by atoms with van der Waals surface area (Å²) in [5, 5.41) is 35.5. The lowest BCUT2D eigenvalue weighted by molar-refractivity contribution is -0.394. The maximum Gasteiger partial charge on any atom is 0.318 e. The number of nitrogens with one attached hydrogen (secondary N) is 1. The molecule has 0 aromatic heterocycles. The van der Waals surface area contributed by atoms with Crippen molar-refractivity contribution in [3.05, 3.63) is 72.8 Å². The molecule has 0 fully saturated rings. The first-order valence-electron chi connectivity index (χ1n) is 6.55. The third-order valence-electron chi connectivity index (χ3n) is 3.00. The van der Waals surface area contributed by atoms with Crippen LogP contribution < -0.4 is 5.43 Å². The molecule has 0 saturated heterocycles. The highest BCUT2D eigenvalue weighted by atomic mass is 35.5. The van der Waals surface area contributed by atoms with Gasteiger partial charge in [0.05, 0.1) is 27.7 Å². The van der Waals surface area contributed by atoms with E-state index in [0.29, 0.717) is 22.7 Å². The van der Waals surface area contributed by atoms with Crippen LogP contribution in [0.2, 0.25) is 5.02 Å². The molecule has 2 aromatic carbocycles. The molecule has 0 heterocycles. The Labute approximate surface area is 144 Å². The summed E-state index contributed by atoms with van der Waals surface area (Å²) in [4.78, 5) is 31.7. The Morgan fingerprint density at radius 2 is 1.88 bits per heavy atom. The van der Waals surface area contributed by atoms with Crippen LogP contribution in [0.4, 0.5) is 11.4 Å². The van der Waals surface area contributed by atoms with Gasteiger partial charge in [0.1, 0.15) is 0 Å². The normalized spacial score (nSPS) is 10.6. The topological polar surface area (TPSA) is 148 Å². The van der Waals surface area contributed by atoms with Crippen molar-refractivity contribution >= 4 is 35.1 Å². The average molecular weight is 365 g/mol. The van der Waals surface area contributed by atoms with Gasteiger partial charge in [-0.25, -0.2) is 5.43 Å². The summed E-state index contributed by atoms with van der Waals surface area (Å²) < 4.78 is 0. The third kappa shape index (κ3) is 4.06. The molecule has 0 aliphatic heterocycles. The first kappa shape index (κ1) is 17.8. The molecule has 0 radical (unpaired) electrons. The summed E-state index contributed by atoms with van der Waals surface area (Å²) in [6.07, 6.45) is 1.21. The van der Waals surface area contributed by atoms with E-state index in [4.69, 9.17) is 11.6 Å². The predicted molar refractivity (Wildman–Crippen MR) is 87.9 cm³/mol. The number of non-ortho nitro benzene ring substituents is 1. The van der Waals surface area contributed by atoms with Gasteiger partial charge in [0, 0.05) is 16.7 Å². The Bertz CT molecular complexity index is 899. The van der Waals surface area contributed by atoms with E-state index in [1.165, 1.54) is 6.21 Å². The van der Waals surface area contributed by atoms with Crippen molar-refractivity contribution in [1.82, 2.24) is 5.43 Å². The van der Waals surface area contributed by atoms with Crippen LogP contribution in [0.3, 0.4) is 0 Å². The van der Waals surface area contributed by atoms with E-state index in [0.717, 1.165) is 0 Å². The number of phenols is 1. The number of carbonyl (C=O) groups excluding carboxylic acids is 1. The van der Waals surface area contributed by atoms with Crippen molar-refractivity contribution in [2.45, 2.75) is 0 Å². The lowest BCUT2D eigenvalue weighted by Gasteiger charge is -2.04. The van der Waals surface area contributed by atoms with Crippen molar-refractivity contribution in [1.29, 1.82) is 0 Å². The van der Waals surface area contributed by atoms with Crippen LogP contribution >= 0.6 is 11.6 Å². The molecule has 0 bridgehead atoms. The first-order chi connectivity index (χ1) is 11.8. The highest BCUT2D eigenvalue weighted by Crippen LogP contribution is 2.34. The second-order valence-electron chi connectivity index (χ2n) is 4.60. The minimum atomic E-state index is -1.06. The summed E-state index contributed by atoms with van der Waals surface area (Å²) >= 11 is 5.90. The zero-order valence-electron chi connectivity index (χ0n) is 12.2. The van der Waals surface area contributed by atoms with Crippen LogP contribution in [-0.4, -0.2) is 27.1 Å². The minimum Gasteiger partial charge on any atom is -0.502 e. The maximum atomic E-state index is 12.0. The number of aromatic hydroxyl groups is 1. The summed E-state index contributed by atoms with van der Waals surface area (Å²) in [7, 11) is 0. The van der Waals surface area contributed by atoms with E-state index in [9.17, 15) is 30.1 Å². The number of nitro benzene ring substituents is 2. The molecule has 25 heavy (non-hydrogen) atoms.